The maximum Gasteiger partial charge on any atom is 0.252 e. The maximum absolute atomic E-state index is 15.1. The largest absolute Gasteiger partial charge is 0.497 e. The van der Waals surface area contributed by atoms with Crippen LogP contribution in [0.2, 0.25) is 0 Å². The molecule has 4 aromatic carbocycles. The number of carbonyl (C=O) groups excluding carboxylic acids is 8. The summed E-state index contributed by atoms with van der Waals surface area (Å²) in [5.74, 6) is -3.82. The molecule has 0 aromatic heterocycles. The van der Waals surface area contributed by atoms with E-state index < -0.39 is 120 Å². The molecule has 2 saturated carbocycles. The summed E-state index contributed by atoms with van der Waals surface area (Å²) in [7, 11) is 6.47. The van der Waals surface area contributed by atoms with Crippen LogP contribution in [0, 0.1) is 23.7 Å². The van der Waals surface area contributed by atoms with Gasteiger partial charge < -0.3 is 70.1 Å². The van der Waals surface area contributed by atoms with Crippen molar-refractivity contribution in [3.8, 4) is 11.5 Å². The average Bonchev–Trinajstić information content (AvgIpc) is 1.57. The molecule has 3 heterocycles. The van der Waals surface area contributed by atoms with Crippen molar-refractivity contribution >= 4 is 47.3 Å². The van der Waals surface area contributed by atoms with Crippen LogP contribution in [0.25, 0.3) is 0 Å². The fraction of sp³-hybridized carbons (Fsp3) is 0.556. The zero-order valence-electron chi connectivity index (χ0n) is 55.6. The molecule has 0 radical (unpaired) electrons. The lowest BCUT2D eigenvalue weighted by Gasteiger charge is -2.37. The normalized spacial score (nSPS) is 28.9. The number of hydrogen-bond acceptors (Lipinski definition) is 14. The van der Waals surface area contributed by atoms with Crippen molar-refractivity contribution in [1.29, 1.82) is 0 Å². The monoisotopic (exact) mass is 1300 g/mol. The first-order valence-electron chi connectivity index (χ1n) is 33.4. The van der Waals surface area contributed by atoms with E-state index in [1.54, 1.807) is 62.4 Å². The van der Waals surface area contributed by atoms with E-state index in [9.17, 15) is 28.8 Å². The van der Waals surface area contributed by atoms with E-state index in [0.29, 0.717) is 50.0 Å². The van der Waals surface area contributed by atoms with Crippen molar-refractivity contribution < 1.29 is 66.8 Å². The Morgan fingerprint density at radius 1 is 0.436 bits per heavy atom. The van der Waals surface area contributed by atoms with Gasteiger partial charge in [-0.1, -0.05) is 125 Å². The molecule has 22 nitrogen and oxygen atoms in total. The number of rotatable bonds is 16. The first-order chi connectivity index (χ1) is 45.2. The van der Waals surface area contributed by atoms with Crippen molar-refractivity contribution in [2.75, 3.05) is 41.5 Å². The minimum absolute atomic E-state index is 0.0426. The summed E-state index contributed by atoms with van der Waals surface area (Å²) >= 11 is 0. The number of ether oxygens (including phenoxy) is 6. The summed E-state index contributed by atoms with van der Waals surface area (Å²) in [5, 5.41) is 18.4. The van der Waals surface area contributed by atoms with E-state index in [2.05, 4.69) is 31.9 Å². The van der Waals surface area contributed by atoms with Crippen LogP contribution in [-0.4, -0.2) is 171 Å². The second-order valence-corrected chi connectivity index (χ2v) is 26.8. The van der Waals surface area contributed by atoms with Crippen LogP contribution in [0.4, 0.5) is 0 Å². The summed E-state index contributed by atoms with van der Waals surface area (Å²) < 4.78 is 36.6. The third kappa shape index (κ3) is 18.7. The Balaban J connectivity index is 1.04. The van der Waals surface area contributed by atoms with Gasteiger partial charge in [0.15, 0.2) is 12.2 Å². The second-order valence-electron chi connectivity index (χ2n) is 26.8. The molecule has 8 amide bonds. The van der Waals surface area contributed by atoms with Gasteiger partial charge in [-0.2, -0.15) is 0 Å². The Kier molecular flexibility index (Phi) is 25.1. The van der Waals surface area contributed by atoms with Crippen molar-refractivity contribution in [1.82, 2.24) is 41.7 Å². The number of hydrogen-bond donors (Lipinski definition) is 6. The summed E-state index contributed by atoms with van der Waals surface area (Å²) in [6, 6.07) is 26.2. The van der Waals surface area contributed by atoms with Gasteiger partial charge >= 0.3 is 0 Å². The Bertz CT molecular complexity index is 2980. The lowest BCUT2D eigenvalue weighted by molar-refractivity contribution is -0.144. The molecule has 9 rings (SSSR count). The van der Waals surface area contributed by atoms with E-state index in [-0.39, 0.29) is 88.6 Å². The molecule has 6 N–H and O–H groups in total. The third-order valence-electron chi connectivity index (χ3n) is 19.0. The Morgan fingerprint density at radius 2 is 0.798 bits per heavy atom. The zero-order chi connectivity index (χ0) is 67.0. The van der Waals surface area contributed by atoms with Gasteiger partial charge in [-0.15, -0.1) is 0 Å². The molecule has 5 fully saturated rings. The molecule has 4 aromatic rings. The number of nitrogens with zero attached hydrogens (tertiary/aromatic N) is 2. The van der Waals surface area contributed by atoms with Crippen molar-refractivity contribution in [2.45, 2.75) is 191 Å². The van der Waals surface area contributed by atoms with E-state index in [1.807, 2.05) is 113 Å². The Labute approximate surface area is 552 Å². The summed E-state index contributed by atoms with van der Waals surface area (Å²) in [6.45, 7) is 7.66. The van der Waals surface area contributed by atoms with Gasteiger partial charge in [0.1, 0.15) is 47.9 Å². The fourth-order valence-corrected chi connectivity index (χ4v) is 13.7. The van der Waals surface area contributed by atoms with E-state index in [4.69, 9.17) is 28.4 Å². The molecule has 3 aliphatic heterocycles. The van der Waals surface area contributed by atoms with Crippen molar-refractivity contribution in [3.63, 3.8) is 0 Å². The van der Waals surface area contributed by atoms with Gasteiger partial charge in [0.25, 0.3) is 11.8 Å². The SMILES string of the molecule is COc1ccc(CC2NC(=O)C3OCC(NC(=O)C(CC(C)C)NC(=O)C4CCCC(C4)N(C)C(=O)C(Cc4ccc(OC)cc4)NC(=O)C4OCC(NC(=O)C(CC(C)C)NC(=O)C5CCCC(C5)N(C)C2=O)C4OCc2ccccc2)C3OCc2ccccc2)cc1. The third-order valence-corrected chi connectivity index (χ3v) is 19.0. The van der Waals surface area contributed by atoms with Gasteiger partial charge in [-0.25, -0.2) is 0 Å². The molecule has 22 heteroatoms. The molecule has 8 bridgehead atoms. The van der Waals surface area contributed by atoms with Crippen LogP contribution < -0.4 is 41.4 Å². The van der Waals surface area contributed by atoms with Crippen LogP contribution in [-0.2, 0) is 83.4 Å². The highest BCUT2D eigenvalue weighted by molar-refractivity contribution is 5.93. The Hall–Kier alpha value is -7.92. The highest BCUT2D eigenvalue weighted by Gasteiger charge is 2.48. The van der Waals surface area contributed by atoms with Crippen LogP contribution in [0.5, 0.6) is 11.5 Å². The fourth-order valence-electron chi connectivity index (χ4n) is 13.7. The topological polar surface area (TPSA) is 271 Å². The molecule has 0 spiro atoms. The summed E-state index contributed by atoms with van der Waals surface area (Å²) in [6.07, 6.45) is -0.118. The minimum Gasteiger partial charge on any atom is -0.497 e. The maximum atomic E-state index is 15.1. The van der Waals surface area contributed by atoms with Crippen LogP contribution in [0.15, 0.2) is 109 Å². The van der Waals surface area contributed by atoms with Crippen LogP contribution in [0.1, 0.15) is 114 Å². The number of benzene rings is 4. The molecule has 2 aliphatic carbocycles. The highest BCUT2D eigenvalue weighted by atomic mass is 16.6. The zero-order valence-corrected chi connectivity index (χ0v) is 55.6. The lowest BCUT2D eigenvalue weighted by atomic mass is 9.84. The minimum atomic E-state index is -1.30. The summed E-state index contributed by atoms with van der Waals surface area (Å²) in [4.78, 5) is 122. The predicted octanol–water partition coefficient (Wildman–Crippen LogP) is 5.51. The van der Waals surface area contributed by atoms with E-state index >= 15 is 9.59 Å². The van der Waals surface area contributed by atoms with Gasteiger partial charge in [0, 0.05) is 50.9 Å². The number of fused-ring (bicyclic) bond motifs is 8. The number of amides is 8. The lowest BCUT2D eigenvalue weighted by Crippen LogP contribution is -2.58. The molecule has 5 aliphatic rings. The molecule has 14 unspecified atom stereocenters. The highest BCUT2D eigenvalue weighted by Crippen LogP contribution is 2.32. The predicted molar refractivity (Wildman–Crippen MR) is 350 cm³/mol. The second kappa shape index (κ2) is 33.5. The molecular weight excluding hydrogens is 1200 g/mol. The number of carbonyl (C=O) groups is 8. The van der Waals surface area contributed by atoms with Crippen molar-refractivity contribution in [2.24, 2.45) is 23.7 Å². The Morgan fingerprint density at radius 3 is 1.15 bits per heavy atom. The average molecular weight is 1300 g/mol. The molecular formula is C72H96N8O14. The van der Waals surface area contributed by atoms with Crippen molar-refractivity contribution in [3.05, 3.63) is 131 Å². The molecule has 14 atom stereocenters. The number of methoxy groups -OCH3 is 2. The smallest absolute Gasteiger partial charge is 0.252 e. The van der Waals surface area contributed by atoms with Gasteiger partial charge in [-0.05, 0) is 110 Å². The van der Waals surface area contributed by atoms with E-state index in [0.717, 1.165) is 22.3 Å². The first kappa shape index (κ1) is 70.4. The standard InChI is InChI=1S/C72H96N8O14/c1-43(2)33-55-67(83)77-59-41-93-63(61(59)91-39-47-17-11-9-12-18-47)69(85)75-58(36-46-27-31-54(90-8)32-28-46)72(88)80(6)52-24-16-22-50(38-52)66(82)74-56(34-44(3)4)68(84)78-60-42-94-64(62(60)92-40-48-19-13-10-14-20-48)70(86)76-57(35-45-25-29-53(89-7)30-26-45)71(87)79(5)51-23-15-21-49(37-51)65(81)73-55/h9-14,17-20,25-32,43-44,49-52,55-64H,15-16,21-24,33-42H2,1-8H3,(H,73,81)(H,74,82)(H,75,85)(H,76,86)(H,77,83)(H,78,84). The van der Waals surface area contributed by atoms with Crippen LogP contribution >= 0.6 is 0 Å². The molecule has 508 valence electrons. The number of likely N-dealkylation sites (N-methyl/N-ethyl adjacent to an activating group) is 2. The first-order valence-corrected chi connectivity index (χ1v) is 33.4. The van der Waals surface area contributed by atoms with Gasteiger partial charge in [-0.3, -0.25) is 38.4 Å². The number of nitrogens with one attached hydrogen (secondary N) is 6. The molecule has 94 heavy (non-hydrogen) atoms. The van der Waals surface area contributed by atoms with Crippen LogP contribution in [0.3, 0.4) is 0 Å². The van der Waals surface area contributed by atoms with Gasteiger partial charge in [0.2, 0.25) is 35.4 Å². The summed E-state index contributed by atoms with van der Waals surface area (Å²) in [5.41, 5.74) is 3.07. The van der Waals surface area contributed by atoms with Gasteiger partial charge in [0.05, 0.1) is 52.7 Å². The molecule has 3 saturated heterocycles. The van der Waals surface area contributed by atoms with E-state index in [1.165, 1.54) is 0 Å². The quantitative estimate of drug-likeness (QED) is 0.0809.